The minimum atomic E-state index is -0.972. The third kappa shape index (κ3) is 4.92. The Kier molecular flexibility index (Phi) is 6.56. The molecular formula is C16H28N2O5. The molecule has 2 amide bonds. The van der Waals surface area contributed by atoms with Gasteiger partial charge in [0, 0.05) is 13.7 Å². The lowest BCUT2D eigenvalue weighted by Crippen LogP contribution is -2.49. The second-order valence-electron chi connectivity index (χ2n) is 7.09. The van der Waals surface area contributed by atoms with Crippen molar-refractivity contribution in [2.45, 2.75) is 40.2 Å². The molecular weight excluding hydrogens is 300 g/mol. The van der Waals surface area contributed by atoms with E-state index in [0.717, 1.165) is 0 Å². The Hall–Kier alpha value is -1.63. The topological polar surface area (TPSA) is 105 Å². The van der Waals surface area contributed by atoms with Crippen molar-refractivity contribution in [1.82, 2.24) is 10.6 Å². The van der Waals surface area contributed by atoms with Crippen LogP contribution in [0.2, 0.25) is 0 Å². The summed E-state index contributed by atoms with van der Waals surface area (Å²) >= 11 is 0. The van der Waals surface area contributed by atoms with Crippen LogP contribution in [-0.2, 0) is 19.1 Å². The zero-order valence-corrected chi connectivity index (χ0v) is 14.5. The van der Waals surface area contributed by atoms with E-state index in [1.165, 1.54) is 0 Å². The highest BCUT2D eigenvalue weighted by molar-refractivity contribution is 5.94. The van der Waals surface area contributed by atoms with Crippen molar-refractivity contribution in [2.75, 3.05) is 20.3 Å². The standard InChI is InChI=1S/C16H28N2O5/c1-9(2)8-10(13(19)17-6-7-23-5)18-14(20)11-12(15(21)22)16(11,3)4/h9-12H,6-8H2,1-5H3,(H,17,19)(H,18,20)(H,21,22)/t10-,11-,12+/m0/s1. The van der Waals surface area contributed by atoms with Crippen molar-refractivity contribution < 1.29 is 24.2 Å². The maximum Gasteiger partial charge on any atom is 0.307 e. The van der Waals surface area contributed by atoms with Gasteiger partial charge < -0.3 is 20.5 Å². The highest BCUT2D eigenvalue weighted by atomic mass is 16.5. The monoisotopic (exact) mass is 328 g/mol. The Morgan fingerprint density at radius 3 is 2.26 bits per heavy atom. The van der Waals surface area contributed by atoms with Gasteiger partial charge in [-0.25, -0.2) is 0 Å². The Labute approximate surface area is 137 Å². The van der Waals surface area contributed by atoms with E-state index in [9.17, 15) is 14.4 Å². The van der Waals surface area contributed by atoms with E-state index in [1.54, 1.807) is 21.0 Å². The van der Waals surface area contributed by atoms with Gasteiger partial charge in [-0.15, -0.1) is 0 Å². The molecule has 7 heteroatoms. The lowest BCUT2D eigenvalue weighted by atomic mass is 10.0. The molecule has 7 nitrogen and oxygen atoms in total. The number of carboxylic acid groups (broad SMARTS) is 1. The van der Waals surface area contributed by atoms with Gasteiger partial charge in [-0.3, -0.25) is 14.4 Å². The molecule has 1 saturated carbocycles. The minimum absolute atomic E-state index is 0.218. The Morgan fingerprint density at radius 1 is 1.22 bits per heavy atom. The summed E-state index contributed by atoms with van der Waals surface area (Å²) < 4.78 is 4.88. The van der Waals surface area contributed by atoms with Gasteiger partial charge in [0.25, 0.3) is 0 Å². The number of amides is 2. The lowest BCUT2D eigenvalue weighted by Gasteiger charge is -2.20. The van der Waals surface area contributed by atoms with E-state index in [4.69, 9.17) is 9.84 Å². The molecule has 1 rings (SSSR count). The molecule has 23 heavy (non-hydrogen) atoms. The number of carbonyl (C=O) groups is 3. The zero-order chi connectivity index (χ0) is 17.8. The fourth-order valence-corrected chi connectivity index (χ4v) is 2.95. The first kappa shape index (κ1) is 19.4. The summed E-state index contributed by atoms with van der Waals surface area (Å²) in [6.45, 7) is 8.20. The van der Waals surface area contributed by atoms with Crippen molar-refractivity contribution in [3.05, 3.63) is 0 Å². The van der Waals surface area contributed by atoms with Crippen LogP contribution in [0.25, 0.3) is 0 Å². The van der Waals surface area contributed by atoms with Crippen molar-refractivity contribution in [3.63, 3.8) is 0 Å². The van der Waals surface area contributed by atoms with Gasteiger partial charge in [-0.1, -0.05) is 27.7 Å². The second kappa shape index (κ2) is 7.77. The van der Waals surface area contributed by atoms with Crippen LogP contribution in [0.1, 0.15) is 34.1 Å². The fourth-order valence-electron chi connectivity index (χ4n) is 2.95. The van der Waals surface area contributed by atoms with Gasteiger partial charge in [0.1, 0.15) is 6.04 Å². The molecule has 3 N–H and O–H groups in total. The molecule has 1 aliphatic carbocycles. The molecule has 0 heterocycles. The molecule has 1 aliphatic rings. The van der Waals surface area contributed by atoms with Crippen LogP contribution in [0.15, 0.2) is 0 Å². The van der Waals surface area contributed by atoms with Crippen molar-refractivity contribution in [3.8, 4) is 0 Å². The molecule has 0 aromatic heterocycles. The Morgan fingerprint density at radius 2 is 1.83 bits per heavy atom. The van der Waals surface area contributed by atoms with Crippen LogP contribution in [0.4, 0.5) is 0 Å². The minimum Gasteiger partial charge on any atom is -0.481 e. The van der Waals surface area contributed by atoms with Crippen LogP contribution >= 0.6 is 0 Å². The molecule has 0 unspecified atom stereocenters. The fraction of sp³-hybridized carbons (Fsp3) is 0.812. The van der Waals surface area contributed by atoms with Crippen LogP contribution in [0.3, 0.4) is 0 Å². The number of rotatable bonds is 9. The normalized spacial score (nSPS) is 23.2. The maximum absolute atomic E-state index is 12.4. The van der Waals surface area contributed by atoms with E-state index in [1.807, 2.05) is 13.8 Å². The summed E-state index contributed by atoms with van der Waals surface area (Å²) in [7, 11) is 1.54. The van der Waals surface area contributed by atoms with Crippen LogP contribution in [-0.4, -0.2) is 49.2 Å². The number of ether oxygens (including phenoxy) is 1. The average Bonchev–Trinajstić information content (AvgIpc) is 3.00. The van der Waals surface area contributed by atoms with Crippen LogP contribution in [0.5, 0.6) is 0 Å². The third-order valence-electron chi connectivity index (χ3n) is 4.32. The smallest absolute Gasteiger partial charge is 0.307 e. The SMILES string of the molecule is COCCNC(=O)[C@H](CC(C)C)NC(=O)[C@@H]1[C@H](C(=O)O)C1(C)C. The second-order valence-corrected chi connectivity index (χ2v) is 7.09. The molecule has 0 spiro atoms. The number of methoxy groups -OCH3 is 1. The van der Waals surface area contributed by atoms with E-state index >= 15 is 0 Å². The molecule has 0 saturated heterocycles. The number of nitrogens with one attached hydrogen (secondary N) is 2. The number of hydrogen-bond acceptors (Lipinski definition) is 4. The molecule has 0 aliphatic heterocycles. The third-order valence-corrected chi connectivity index (χ3v) is 4.32. The Bertz CT molecular complexity index is 461. The summed E-state index contributed by atoms with van der Waals surface area (Å²) in [6, 6.07) is -0.662. The number of aliphatic carboxylic acids is 1. The summed E-state index contributed by atoms with van der Waals surface area (Å²) in [4.78, 5) is 35.8. The quantitative estimate of drug-likeness (QED) is 0.539. The number of carbonyl (C=O) groups excluding carboxylic acids is 2. The average molecular weight is 328 g/mol. The summed E-state index contributed by atoms with van der Waals surface area (Å²) in [5, 5.41) is 14.6. The molecule has 0 radical (unpaired) electrons. The summed E-state index contributed by atoms with van der Waals surface area (Å²) in [5.41, 5.74) is -0.579. The Balaban J connectivity index is 2.68. The summed E-state index contributed by atoms with van der Waals surface area (Å²) in [5.74, 6) is -2.68. The first-order chi connectivity index (χ1) is 10.6. The largest absolute Gasteiger partial charge is 0.481 e. The van der Waals surface area contributed by atoms with E-state index < -0.39 is 29.3 Å². The molecule has 3 atom stereocenters. The van der Waals surface area contributed by atoms with Crippen LogP contribution in [0, 0.1) is 23.2 Å². The van der Waals surface area contributed by atoms with E-state index in [-0.39, 0.29) is 17.7 Å². The molecule has 0 aromatic rings. The van der Waals surface area contributed by atoms with Gasteiger partial charge in [-0.05, 0) is 17.8 Å². The van der Waals surface area contributed by atoms with Gasteiger partial charge in [-0.2, -0.15) is 0 Å². The molecule has 0 aromatic carbocycles. The molecule has 132 valence electrons. The maximum atomic E-state index is 12.4. The first-order valence-electron chi connectivity index (χ1n) is 7.92. The molecule has 0 bridgehead atoms. The first-order valence-corrected chi connectivity index (χ1v) is 7.92. The molecule has 1 fully saturated rings. The van der Waals surface area contributed by atoms with E-state index in [2.05, 4.69) is 10.6 Å². The van der Waals surface area contributed by atoms with Crippen molar-refractivity contribution >= 4 is 17.8 Å². The predicted molar refractivity (Wildman–Crippen MR) is 84.7 cm³/mol. The number of carboxylic acids is 1. The van der Waals surface area contributed by atoms with Crippen molar-refractivity contribution in [2.24, 2.45) is 23.2 Å². The lowest BCUT2D eigenvalue weighted by molar-refractivity contribution is -0.140. The van der Waals surface area contributed by atoms with Crippen molar-refractivity contribution in [1.29, 1.82) is 0 Å². The van der Waals surface area contributed by atoms with Gasteiger partial charge in [0.2, 0.25) is 11.8 Å². The van der Waals surface area contributed by atoms with Gasteiger partial charge in [0.15, 0.2) is 0 Å². The zero-order valence-electron chi connectivity index (χ0n) is 14.5. The number of hydrogen-bond donors (Lipinski definition) is 3. The highest BCUT2D eigenvalue weighted by Gasteiger charge is 2.66. The van der Waals surface area contributed by atoms with E-state index in [0.29, 0.717) is 19.6 Å². The summed E-state index contributed by atoms with van der Waals surface area (Å²) in [6.07, 6.45) is 0.495. The predicted octanol–water partition coefficient (Wildman–Crippen LogP) is 0.637. The van der Waals surface area contributed by atoms with Gasteiger partial charge >= 0.3 is 5.97 Å². The van der Waals surface area contributed by atoms with Crippen LogP contribution < -0.4 is 10.6 Å². The highest BCUT2D eigenvalue weighted by Crippen LogP contribution is 2.58. The van der Waals surface area contributed by atoms with Gasteiger partial charge in [0.05, 0.1) is 18.4 Å².